The van der Waals surface area contributed by atoms with Crippen molar-refractivity contribution in [2.75, 3.05) is 0 Å². The highest BCUT2D eigenvalue weighted by atomic mass is 16.5. The van der Waals surface area contributed by atoms with Crippen molar-refractivity contribution < 1.29 is 9.47 Å². The van der Waals surface area contributed by atoms with Gasteiger partial charge in [-0.3, -0.25) is 0 Å². The minimum Gasteiger partial charge on any atom is -0.458 e. The molecule has 0 saturated carbocycles. The van der Waals surface area contributed by atoms with Crippen molar-refractivity contribution in [3.63, 3.8) is 0 Å². The molecule has 0 unspecified atom stereocenters. The van der Waals surface area contributed by atoms with Crippen LogP contribution in [0.5, 0.6) is 23.0 Å². The molecule has 6 aromatic rings. The number of hydrogen-bond acceptors (Lipinski definition) is 2. The van der Waals surface area contributed by atoms with E-state index in [0.717, 1.165) is 95.0 Å². The van der Waals surface area contributed by atoms with E-state index in [4.69, 9.17) is 9.47 Å². The van der Waals surface area contributed by atoms with Gasteiger partial charge in [-0.1, -0.05) is 152 Å². The second-order valence-electron chi connectivity index (χ2n) is 12.5. The molecular weight excluding hydrogens is 571 g/mol. The third-order valence-electron chi connectivity index (χ3n) is 9.08. The zero-order valence-electron chi connectivity index (χ0n) is 26.6. The summed E-state index contributed by atoms with van der Waals surface area (Å²) < 4.78 is 13.9. The van der Waals surface area contributed by atoms with Crippen LogP contribution in [0, 0.1) is 0 Å². The van der Waals surface area contributed by atoms with Gasteiger partial charge in [0.2, 0.25) is 0 Å². The molecule has 3 heteroatoms. The molecule has 0 amide bonds. The number of para-hydroxylation sites is 2. The minimum atomic E-state index is -0.0401. The van der Waals surface area contributed by atoms with E-state index in [2.05, 4.69) is 141 Å². The molecule has 224 valence electrons. The maximum atomic E-state index is 6.93. The van der Waals surface area contributed by atoms with E-state index in [-0.39, 0.29) is 6.71 Å². The number of benzene rings is 6. The molecule has 0 N–H and O–H groups in total. The highest BCUT2D eigenvalue weighted by Gasteiger charge is 2.42. The average Bonchev–Trinajstić information content (AvgIpc) is 3.10. The molecule has 47 heavy (non-hydrogen) atoms. The average molecular weight is 605 g/mol. The molecule has 0 atom stereocenters. The zero-order chi connectivity index (χ0) is 32.1. The first-order chi connectivity index (χ1) is 23.0. The molecule has 2 aliphatic rings. The summed E-state index contributed by atoms with van der Waals surface area (Å²) >= 11 is 0. The van der Waals surface area contributed by atoms with Crippen molar-refractivity contribution in [1.29, 1.82) is 0 Å². The van der Waals surface area contributed by atoms with Crippen LogP contribution in [0.2, 0.25) is 0 Å². The Morgan fingerprint density at radius 2 is 1.06 bits per heavy atom. The zero-order valence-corrected chi connectivity index (χ0v) is 26.6. The molecule has 0 aliphatic carbocycles. The van der Waals surface area contributed by atoms with Gasteiger partial charge in [0, 0.05) is 16.6 Å². The van der Waals surface area contributed by atoms with Gasteiger partial charge in [0.05, 0.1) is 0 Å². The first-order valence-corrected chi connectivity index (χ1v) is 16.0. The fraction of sp³-hybridized carbons (Fsp3) is 0.0455. The lowest BCUT2D eigenvalue weighted by molar-refractivity contribution is 0.466. The maximum Gasteiger partial charge on any atom is 0.260 e. The van der Waals surface area contributed by atoms with E-state index in [9.17, 15) is 0 Å². The predicted molar refractivity (Wildman–Crippen MR) is 198 cm³/mol. The van der Waals surface area contributed by atoms with Crippen LogP contribution in [0.4, 0.5) is 0 Å². The molecule has 0 spiro atoms. The Labute approximate surface area is 277 Å². The SMILES string of the molecule is C=C(C)/C=C(\C(=C)C)c1ccc(-c2cc3c4c(c2)Oc2c(cccc2-c2ccccc2)B4c2cccc(-c4ccccc4)c2O3)cc1. The summed E-state index contributed by atoms with van der Waals surface area (Å²) in [7, 11) is 0. The summed E-state index contributed by atoms with van der Waals surface area (Å²) in [5.41, 5.74) is 14.1. The van der Waals surface area contributed by atoms with E-state index >= 15 is 0 Å². The molecule has 6 aromatic carbocycles. The fourth-order valence-corrected chi connectivity index (χ4v) is 6.94. The van der Waals surface area contributed by atoms with Crippen molar-refractivity contribution >= 4 is 28.7 Å². The summed E-state index contributed by atoms with van der Waals surface area (Å²) in [4.78, 5) is 0. The third kappa shape index (κ3) is 5.01. The molecule has 0 bridgehead atoms. The van der Waals surface area contributed by atoms with Gasteiger partial charge in [-0.25, -0.2) is 0 Å². The Bertz CT molecular complexity index is 2110. The van der Waals surface area contributed by atoms with Gasteiger partial charge in [0.1, 0.15) is 23.0 Å². The van der Waals surface area contributed by atoms with Gasteiger partial charge in [-0.05, 0) is 70.3 Å². The lowest BCUT2D eigenvalue weighted by Crippen LogP contribution is -2.57. The van der Waals surface area contributed by atoms with E-state index < -0.39 is 0 Å². The lowest BCUT2D eigenvalue weighted by Gasteiger charge is -2.35. The molecule has 0 aromatic heterocycles. The first-order valence-electron chi connectivity index (χ1n) is 16.0. The van der Waals surface area contributed by atoms with E-state index in [0.29, 0.717) is 0 Å². The molecule has 0 saturated heterocycles. The van der Waals surface area contributed by atoms with Crippen molar-refractivity contribution in [2.24, 2.45) is 0 Å². The smallest absolute Gasteiger partial charge is 0.260 e. The van der Waals surface area contributed by atoms with Crippen molar-refractivity contribution in [3.05, 3.63) is 169 Å². The van der Waals surface area contributed by atoms with Crippen LogP contribution in [0.1, 0.15) is 19.4 Å². The highest BCUT2D eigenvalue weighted by molar-refractivity contribution is 6.98. The van der Waals surface area contributed by atoms with Crippen molar-refractivity contribution in [2.45, 2.75) is 13.8 Å². The Morgan fingerprint density at radius 3 is 1.53 bits per heavy atom. The van der Waals surface area contributed by atoms with Crippen LogP contribution >= 0.6 is 0 Å². The van der Waals surface area contributed by atoms with Gasteiger partial charge >= 0.3 is 0 Å². The molecule has 8 rings (SSSR count). The maximum absolute atomic E-state index is 6.93. The molecule has 2 heterocycles. The number of rotatable bonds is 6. The number of fused-ring (bicyclic) bond motifs is 4. The summed E-state index contributed by atoms with van der Waals surface area (Å²) in [6.07, 6.45) is 2.09. The van der Waals surface area contributed by atoms with Crippen molar-refractivity contribution in [1.82, 2.24) is 0 Å². The molecule has 0 radical (unpaired) electrons. The van der Waals surface area contributed by atoms with Crippen LogP contribution in [-0.2, 0) is 0 Å². The van der Waals surface area contributed by atoms with Gasteiger partial charge in [-0.15, -0.1) is 0 Å². The summed E-state index contributed by atoms with van der Waals surface area (Å²) in [5.74, 6) is 3.43. The molecule has 0 fully saturated rings. The monoisotopic (exact) mass is 604 g/mol. The van der Waals surface area contributed by atoms with Crippen LogP contribution in [0.3, 0.4) is 0 Å². The van der Waals surface area contributed by atoms with Crippen LogP contribution in [0.15, 0.2) is 164 Å². The van der Waals surface area contributed by atoms with Gasteiger partial charge in [0.15, 0.2) is 0 Å². The first kappa shape index (κ1) is 28.7. The van der Waals surface area contributed by atoms with Gasteiger partial charge < -0.3 is 9.47 Å². The fourth-order valence-electron chi connectivity index (χ4n) is 6.94. The van der Waals surface area contributed by atoms with E-state index in [1.165, 1.54) is 0 Å². The summed E-state index contributed by atoms with van der Waals surface area (Å²) in [6, 6.07) is 46.9. The van der Waals surface area contributed by atoms with E-state index in [1.54, 1.807) is 0 Å². The predicted octanol–water partition coefficient (Wildman–Crippen LogP) is 9.95. The second-order valence-corrected chi connectivity index (χ2v) is 12.5. The Hall–Kier alpha value is -5.80. The highest BCUT2D eigenvalue weighted by Crippen LogP contribution is 2.43. The minimum absolute atomic E-state index is 0.0401. The van der Waals surface area contributed by atoms with Gasteiger partial charge in [0.25, 0.3) is 6.71 Å². The van der Waals surface area contributed by atoms with Crippen LogP contribution in [0.25, 0.3) is 39.0 Å². The Balaban J connectivity index is 1.32. The van der Waals surface area contributed by atoms with Crippen LogP contribution < -0.4 is 25.9 Å². The number of ether oxygens (including phenoxy) is 2. The van der Waals surface area contributed by atoms with E-state index in [1.807, 2.05) is 26.0 Å². The summed E-state index contributed by atoms with van der Waals surface area (Å²) in [5, 5.41) is 0. The molecule has 2 aliphatic heterocycles. The number of allylic oxidation sites excluding steroid dienone is 4. The Morgan fingerprint density at radius 1 is 0.553 bits per heavy atom. The normalized spacial score (nSPS) is 12.6. The van der Waals surface area contributed by atoms with Crippen LogP contribution in [-0.4, -0.2) is 6.71 Å². The largest absolute Gasteiger partial charge is 0.458 e. The topological polar surface area (TPSA) is 18.5 Å². The molecular formula is C44H33BO2. The summed E-state index contributed by atoms with van der Waals surface area (Å²) in [6.45, 7) is 12.3. The second kappa shape index (κ2) is 11.5. The van der Waals surface area contributed by atoms with Gasteiger partial charge in [-0.2, -0.15) is 0 Å². The quantitative estimate of drug-likeness (QED) is 0.139. The van der Waals surface area contributed by atoms with Crippen molar-refractivity contribution in [3.8, 4) is 56.4 Å². The lowest BCUT2D eigenvalue weighted by atomic mass is 9.34. The Kier molecular flexibility index (Phi) is 7.03. The molecule has 2 nitrogen and oxygen atoms in total. The number of hydrogen-bond donors (Lipinski definition) is 0. The third-order valence-corrected chi connectivity index (χ3v) is 9.08. The standard InChI is InChI=1S/C44H33BO2/c1-28(2)25-37(29(3)4)33-23-21-30(22-24-33)34-26-40-42-41(27-34)47-44-36(32-15-9-6-10-16-32)18-12-20-39(44)45(42)38-19-11-17-35(43(38)46-40)31-13-7-5-8-14-31/h5-27H,1,3H2,2,4H3/b37-25+.